The average Bonchev–Trinajstić information content (AvgIpc) is 3.45. The van der Waals surface area contributed by atoms with Crippen molar-refractivity contribution >= 4 is 44.9 Å². The standard InChI is InChI=1S/C52H40N2O/c1-51(2)41-19-8-7-17-39(41)40-31-30-36(32-43(40)51)53(44-22-11-15-33-14-5-6-16-37(33)44)35-28-26-34(27-29-35)38-18-12-23-46-49(38)52(3,4)42-20-13-25-48-50(42)54(46)45-21-9-10-24-47(45)55-48/h5-32H,1-4H3. The van der Waals surface area contributed by atoms with Gasteiger partial charge in [-0.15, -0.1) is 0 Å². The average molecular weight is 709 g/mol. The van der Waals surface area contributed by atoms with Gasteiger partial charge >= 0.3 is 0 Å². The molecule has 1 aliphatic carbocycles. The lowest BCUT2D eigenvalue weighted by molar-refractivity contribution is 0.471. The minimum Gasteiger partial charge on any atom is -0.453 e. The van der Waals surface area contributed by atoms with Crippen LogP contribution in [0.4, 0.5) is 34.1 Å². The van der Waals surface area contributed by atoms with Gasteiger partial charge < -0.3 is 14.5 Å². The number of hydrogen-bond donors (Lipinski definition) is 0. The van der Waals surface area contributed by atoms with Gasteiger partial charge in [0.25, 0.3) is 0 Å². The molecule has 55 heavy (non-hydrogen) atoms. The van der Waals surface area contributed by atoms with Crippen LogP contribution in [0.2, 0.25) is 0 Å². The van der Waals surface area contributed by atoms with E-state index in [-0.39, 0.29) is 10.8 Å². The van der Waals surface area contributed by atoms with Crippen molar-refractivity contribution < 1.29 is 4.74 Å². The smallest absolute Gasteiger partial charge is 0.151 e. The molecule has 0 atom stereocenters. The summed E-state index contributed by atoms with van der Waals surface area (Å²) < 4.78 is 6.49. The molecule has 0 bridgehead atoms. The number of benzene rings is 8. The van der Waals surface area contributed by atoms with Crippen molar-refractivity contribution in [3.8, 4) is 33.8 Å². The van der Waals surface area contributed by atoms with E-state index in [0.29, 0.717) is 0 Å². The van der Waals surface area contributed by atoms with Gasteiger partial charge in [-0.25, -0.2) is 0 Å². The number of anilines is 6. The Hall–Kier alpha value is -6.58. The van der Waals surface area contributed by atoms with E-state index in [9.17, 15) is 0 Å². The highest BCUT2D eigenvalue weighted by molar-refractivity contribution is 6.00. The minimum absolute atomic E-state index is 0.101. The molecule has 11 rings (SSSR count). The molecule has 3 heteroatoms. The monoisotopic (exact) mass is 708 g/mol. The second-order valence-electron chi connectivity index (χ2n) is 16.2. The molecule has 0 saturated heterocycles. The van der Waals surface area contributed by atoms with E-state index in [4.69, 9.17) is 4.74 Å². The van der Waals surface area contributed by atoms with Gasteiger partial charge in [-0.2, -0.15) is 0 Å². The SMILES string of the molecule is CC1(C)c2ccccc2-c2ccc(N(c3ccc(-c4cccc5c4C(C)(C)c4cccc6c4N5c4ccccc4O6)cc3)c3cccc4ccccc34)cc21. The van der Waals surface area contributed by atoms with Crippen LogP contribution in [0.15, 0.2) is 170 Å². The van der Waals surface area contributed by atoms with Crippen molar-refractivity contribution in [1.29, 1.82) is 0 Å². The van der Waals surface area contributed by atoms with Crippen LogP contribution in [-0.2, 0) is 10.8 Å². The first-order valence-electron chi connectivity index (χ1n) is 19.3. The maximum Gasteiger partial charge on any atom is 0.151 e. The van der Waals surface area contributed by atoms with Crippen LogP contribution in [0, 0.1) is 0 Å². The van der Waals surface area contributed by atoms with Crippen LogP contribution in [-0.4, -0.2) is 0 Å². The Balaban J connectivity index is 1.07. The molecule has 8 aromatic rings. The van der Waals surface area contributed by atoms with E-state index in [1.165, 1.54) is 61.0 Å². The number of ether oxygens (including phenoxy) is 1. The molecule has 0 fully saturated rings. The molecule has 8 aromatic carbocycles. The van der Waals surface area contributed by atoms with Crippen molar-refractivity contribution in [3.63, 3.8) is 0 Å². The Bertz CT molecular complexity index is 2860. The van der Waals surface area contributed by atoms with Gasteiger partial charge in [0.1, 0.15) is 0 Å². The van der Waals surface area contributed by atoms with Crippen LogP contribution in [0.5, 0.6) is 11.5 Å². The number of fused-ring (bicyclic) bond motifs is 8. The topological polar surface area (TPSA) is 15.7 Å². The highest BCUT2D eigenvalue weighted by Gasteiger charge is 2.43. The van der Waals surface area contributed by atoms with Gasteiger partial charge in [-0.1, -0.05) is 143 Å². The summed E-state index contributed by atoms with van der Waals surface area (Å²) in [6.45, 7) is 9.42. The lowest BCUT2D eigenvalue weighted by Crippen LogP contribution is -2.32. The van der Waals surface area contributed by atoms with Crippen LogP contribution in [0.1, 0.15) is 49.9 Å². The van der Waals surface area contributed by atoms with E-state index in [0.717, 1.165) is 39.9 Å². The van der Waals surface area contributed by atoms with Crippen LogP contribution in [0.25, 0.3) is 33.0 Å². The highest BCUT2D eigenvalue weighted by atomic mass is 16.5. The molecule has 0 radical (unpaired) electrons. The van der Waals surface area contributed by atoms with Gasteiger partial charge in [0.05, 0.1) is 22.7 Å². The Morgan fingerprint density at radius 3 is 2.00 bits per heavy atom. The maximum absolute atomic E-state index is 6.49. The summed E-state index contributed by atoms with van der Waals surface area (Å²) in [5, 5.41) is 2.45. The normalized spacial score (nSPS) is 14.9. The molecule has 0 amide bonds. The first kappa shape index (κ1) is 31.9. The van der Waals surface area contributed by atoms with E-state index in [1.54, 1.807) is 0 Å². The molecule has 3 aliphatic rings. The predicted molar refractivity (Wildman–Crippen MR) is 229 cm³/mol. The van der Waals surface area contributed by atoms with Crippen LogP contribution in [0.3, 0.4) is 0 Å². The van der Waals surface area contributed by atoms with E-state index < -0.39 is 0 Å². The summed E-state index contributed by atoms with van der Waals surface area (Å²) in [5.74, 6) is 1.77. The van der Waals surface area contributed by atoms with Crippen molar-refractivity contribution in [2.45, 2.75) is 38.5 Å². The third kappa shape index (κ3) is 4.50. The minimum atomic E-state index is -0.272. The number of para-hydroxylation sites is 3. The fourth-order valence-electron chi connectivity index (χ4n) is 9.77. The quantitative estimate of drug-likeness (QED) is 0.181. The lowest BCUT2D eigenvalue weighted by atomic mass is 9.70. The Labute approximate surface area is 322 Å². The third-order valence-electron chi connectivity index (χ3n) is 12.4. The van der Waals surface area contributed by atoms with E-state index >= 15 is 0 Å². The zero-order valence-corrected chi connectivity index (χ0v) is 31.5. The molecule has 0 saturated carbocycles. The molecular weight excluding hydrogens is 669 g/mol. The van der Waals surface area contributed by atoms with Gasteiger partial charge in [0, 0.05) is 27.6 Å². The fourth-order valence-corrected chi connectivity index (χ4v) is 9.77. The third-order valence-corrected chi connectivity index (χ3v) is 12.4. The molecule has 3 nitrogen and oxygen atoms in total. The number of hydrogen-bond acceptors (Lipinski definition) is 3. The summed E-state index contributed by atoms with van der Waals surface area (Å²) in [5.41, 5.74) is 16.9. The second kappa shape index (κ2) is 11.5. The molecule has 0 unspecified atom stereocenters. The predicted octanol–water partition coefficient (Wildman–Crippen LogP) is 14.5. The molecule has 2 aliphatic heterocycles. The summed E-state index contributed by atoms with van der Waals surface area (Å²) >= 11 is 0. The molecule has 2 heterocycles. The van der Waals surface area contributed by atoms with Crippen molar-refractivity contribution in [2.75, 3.05) is 9.80 Å². The second-order valence-corrected chi connectivity index (χ2v) is 16.2. The fraction of sp³-hybridized carbons (Fsp3) is 0.115. The highest BCUT2D eigenvalue weighted by Crippen LogP contribution is 2.61. The number of rotatable bonds is 4. The van der Waals surface area contributed by atoms with Crippen molar-refractivity contribution in [3.05, 3.63) is 192 Å². The molecule has 0 spiro atoms. The summed E-state index contributed by atoms with van der Waals surface area (Å²) in [4.78, 5) is 4.86. The zero-order chi connectivity index (χ0) is 37.1. The summed E-state index contributed by atoms with van der Waals surface area (Å²) in [7, 11) is 0. The first-order valence-corrected chi connectivity index (χ1v) is 19.3. The Morgan fingerprint density at radius 1 is 0.473 bits per heavy atom. The van der Waals surface area contributed by atoms with Crippen molar-refractivity contribution in [2.24, 2.45) is 0 Å². The maximum atomic E-state index is 6.49. The Morgan fingerprint density at radius 2 is 1.11 bits per heavy atom. The van der Waals surface area contributed by atoms with E-state index in [2.05, 4.69) is 201 Å². The zero-order valence-electron chi connectivity index (χ0n) is 31.5. The summed E-state index contributed by atoms with van der Waals surface area (Å²) in [6.07, 6.45) is 0. The summed E-state index contributed by atoms with van der Waals surface area (Å²) in [6, 6.07) is 62.1. The molecule has 264 valence electrons. The van der Waals surface area contributed by atoms with Gasteiger partial charge in [-0.05, 0) is 104 Å². The largest absolute Gasteiger partial charge is 0.453 e. The first-order chi connectivity index (χ1) is 26.8. The van der Waals surface area contributed by atoms with E-state index in [1.807, 2.05) is 6.07 Å². The molecule has 0 aromatic heterocycles. The van der Waals surface area contributed by atoms with Crippen LogP contribution < -0.4 is 14.5 Å². The van der Waals surface area contributed by atoms with Crippen molar-refractivity contribution in [1.82, 2.24) is 0 Å². The Kier molecular flexibility index (Phi) is 6.65. The van der Waals surface area contributed by atoms with Gasteiger partial charge in [-0.3, -0.25) is 0 Å². The number of nitrogens with zero attached hydrogens (tertiary/aromatic N) is 2. The molecule has 0 N–H and O–H groups in total. The molecular formula is C52H40N2O. The van der Waals surface area contributed by atoms with Gasteiger partial charge in [0.2, 0.25) is 0 Å². The van der Waals surface area contributed by atoms with Gasteiger partial charge in [0.15, 0.2) is 11.5 Å². The van der Waals surface area contributed by atoms with Crippen LogP contribution >= 0.6 is 0 Å². The lowest BCUT2D eigenvalue weighted by Gasteiger charge is -2.45.